The van der Waals surface area contributed by atoms with Crippen LogP contribution in [0.25, 0.3) is 42.8 Å². The average molecular weight is 466 g/mol. The number of aromatic nitrogens is 2. The number of hydrogen-bond acceptors (Lipinski definition) is 4. The van der Waals surface area contributed by atoms with Gasteiger partial charge >= 0.3 is 0 Å². The molecule has 0 unspecified atom stereocenters. The van der Waals surface area contributed by atoms with E-state index in [1.165, 1.54) is 24.8 Å². The lowest BCUT2D eigenvalue weighted by Gasteiger charge is -2.27. The van der Waals surface area contributed by atoms with Gasteiger partial charge in [-0.3, -0.25) is 9.36 Å². The van der Waals surface area contributed by atoms with E-state index < -0.39 is 0 Å². The van der Waals surface area contributed by atoms with Gasteiger partial charge in [0.1, 0.15) is 10.5 Å². The molecule has 0 bridgehead atoms. The summed E-state index contributed by atoms with van der Waals surface area (Å²) in [5, 5.41) is 1.06. The number of likely N-dealkylation sites (tertiary alicyclic amines) is 1. The summed E-state index contributed by atoms with van der Waals surface area (Å²) in [4.78, 5) is 21.4. The van der Waals surface area contributed by atoms with Gasteiger partial charge in [-0.15, -0.1) is 11.3 Å². The van der Waals surface area contributed by atoms with E-state index in [2.05, 4.69) is 65.6 Å². The maximum absolute atomic E-state index is 13.8. The van der Waals surface area contributed by atoms with Crippen LogP contribution in [0.15, 0.2) is 83.7 Å². The van der Waals surface area contributed by atoms with Crippen molar-refractivity contribution < 1.29 is 0 Å². The lowest BCUT2D eigenvalue weighted by atomic mass is 10.0. The largest absolute Gasteiger partial charge is 0.302 e. The Labute approximate surface area is 203 Å². The molecule has 5 heteroatoms. The number of piperidine rings is 1. The first-order valence-corrected chi connectivity index (χ1v) is 12.9. The van der Waals surface area contributed by atoms with Crippen molar-refractivity contribution in [3.05, 3.63) is 89.2 Å². The van der Waals surface area contributed by atoms with Gasteiger partial charge in [0.15, 0.2) is 0 Å². The summed E-state index contributed by atoms with van der Waals surface area (Å²) in [6.07, 6.45) is 3.80. The highest BCUT2D eigenvalue weighted by molar-refractivity contribution is 7.25. The van der Waals surface area contributed by atoms with Crippen molar-refractivity contribution in [3.8, 4) is 22.5 Å². The van der Waals surface area contributed by atoms with Crippen LogP contribution >= 0.6 is 11.3 Å². The van der Waals surface area contributed by atoms with E-state index >= 15 is 0 Å². The minimum atomic E-state index is 0.0744. The molecular weight excluding hydrogens is 438 g/mol. The fourth-order valence-corrected chi connectivity index (χ4v) is 6.06. The first kappa shape index (κ1) is 21.3. The molecule has 0 N–H and O–H groups in total. The first-order valence-electron chi connectivity index (χ1n) is 12.1. The van der Waals surface area contributed by atoms with E-state index in [0.29, 0.717) is 6.54 Å². The minimum Gasteiger partial charge on any atom is -0.302 e. The van der Waals surface area contributed by atoms with Crippen LogP contribution in [0.5, 0.6) is 0 Å². The lowest BCUT2D eigenvalue weighted by Crippen LogP contribution is -2.35. The molecule has 0 atom stereocenters. The molecule has 4 nitrogen and oxygen atoms in total. The molecule has 0 spiro atoms. The predicted molar refractivity (Wildman–Crippen MR) is 143 cm³/mol. The minimum absolute atomic E-state index is 0.0744. The number of fused-ring (bicyclic) bond motifs is 3. The van der Waals surface area contributed by atoms with Gasteiger partial charge in [0, 0.05) is 28.7 Å². The highest BCUT2D eigenvalue weighted by atomic mass is 32.1. The Bertz CT molecular complexity index is 1500. The van der Waals surface area contributed by atoms with Crippen LogP contribution in [0.3, 0.4) is 0 Å². The Hall–Kier alpha value is -3.28. The summed E-state index contributed by atoms with van der Waals surface area (Å²) in [6, 6.07) is 27.0. The second-order valence-electron chi connectivity index (χ2n) is 9.01. The Balaban J connectivity index is 1.46. The Morgan fingerprint density at radius 1 is 0.735 bits per heavy atom. The summed E-state index contributed by atoms with van der Waals surface area (Å²) >= 11 is 1.56. The SMILES string of the molecule is O=c1c2sc3ccccc3c2nc(-c2ccc(-c3ccccc3)cc2)n1CCN1CCCCC1. The van der Waals surface area contributed by atoms with Gasteiger partial charge in [-0.25, -0.2) is 4.98 Å². The molecule has 0 radical (unpaired) electrons. The molecular formula is C29H27N3OS. The molecule has 170 valence electrons. The molecule has 0 aliphatic carbocycles. The van der Waals surface area contributed by atoms with Crippen LogP contribution in [-0.2, 0) is 6.54 Å². The molecule has 1 aliphatic rings. The zero-order valence-corrected chi connectivity index (χ0v) is 19.9. The van der Waals surface area contributed by atoms with Crippen molar-refractivity contribution in [3.63, 3.8) is 0 Å². The molecule has 6 rings (SSSR count). The van der Waals surface area contributed by atoms with Gasteiger partial charge in [-0.1, -0.05) is 79.2 Å². The van der Waals surface area contributed by atoms with Crippen LogP contribution in [-0.4, -0.2) is 34.1 Å². The molecule has 1 saturated heterocycles. The van der Waals surface area contributed by atoms with Crippen molar-refractivity contribution in [1.82, 2.24) is 14.5 Å². The maximum Gasteiger partial charge on any atom is 0.271 e. The Morgan fingerprint density at radius 2 is 1.41 bits per heavy atom. The maximum atomic E-state index is 13.8. The van der Waals surface area contributed by atoms with Crippen molar-refractivity contribution in [2.24, 2.45) is 0 Å². The molecule has 5 aromatic rings. The topological polar surface area (TPSA) is 38.1 Å². The standard InChI is InChI=1S/C29H27N3OS/c33-29-27-26(24-11-5-6-12-25(24)34-27)30-28(32(29)20-19-31-17-7-2-8-18-31)23-15-13-22(14-16-23)21-9-3-1-4-10-21/h1,3-6,9-16H,2,7-8,17-20H2. The average Bonchev–Trinajstić information content (AvgIpc) is 3.28. The molecule has 1 fully saturated rings. The number of thiophene rings is 1. The zero-order valence-electron chi connectivity index (χ0n) is 19.1. The molecule has 0 saturated carbocycles. The third kappa shape index (κ3) is 3.95. The van der Waals surface area contributed by atoms with Crippen LogP contribution in [0.4, 0.5) is 0 Å². The molecule has 2 aromatic heterocycles. The van der Waals surface area contributed by atoms with Crippen molar-refractivity contribution in [2.45, 2.75) is 25.8 Å². The van der Waals surface area contributed by atoms with Gasteiger partial charge < -0.3 is 4.90 Å². The lowest BCUT2D eigenvalue weighted by molar-refractivity contribution is 0.220. The fraction of sp³-hybridized carbons (Fsp3) is 0.241. The highest BCUT2D eigenvalue weighted by Crippen LogP contribution is 2.32. The van der Waals surface area contributed by atoms with Gasteiger partial charge in [-0.2, -0.15) is 0 Å². The van der Waals surface area contributed by atoms with Crippen LogP contribution in [0.2, 0.25) is 0 Å². The first-order chi connectivity index (χ1) is 16.8. The fourth-order valence-electron chi connectivity index (χ4n) is 4.97. The number of nitrogens with zero attached hydrogens (tertiary/aromatic N) is 3. The van der Waals surface area contributed by atoms with E-state index in [9.17, 15) is 4.79 Å². The summed E-state index contributed by atoms with van der Waals surface area (Å²) in [7, 11) is 0. The van der Waals surface area contributed by atoms with Crippen molar-refractivity contribution >= 4 is 31.6 Å². The van der Waals surface area contributed by atoms with E-state index in [1.807, 2.05) is 22.8 Å². The van der Waals surface area contributed by atoms with E-state index in [1.54, 1.807) is 11.3 Å². The van der Waals surface area contributed by atoms with Crippen LogP contribution < -0.4 is 5.56 Å². The van der Waals surface area contributed by atoms with E-state index in [0.717, 1.165) is 56.9 Å². The summed E-state index contributed by atoms with van der Waals surface area (Å²) in [5.74, 6) is 0.762. The smallest absolute Gasteiger partial charge is 0.271 e. The predicted octanol–water partition coefficient (Wildman–Crippen LogP) is 6.43. The third-order valence-corrected chi connectivity index (χ3v) is 7.97. The van der Waals surface area contributed by atoms with Gasteiger partial charge in [0.2, 0.25) is 0 Å². The molecule has 0 amide bonds. The van der Waals surface area contributed by atoms with Gasteiger partial charge in [0.25, 0.3) is 5.56 Å². The van der Waals surface area contributed by atoms with Crippen LogP contribution in [0.1, 0.15) is 19.3 Å². The Kier molecular flexibility index (Phi) is 5.73. The second kappa shape index (κ2) is 9.16. The van der Waals surface area contributed by atoms with Crippen molar-refractivity contribution in [2.75, 3.05) is 19.6 Å². The van der Waals surface area contributed by atoms with E-state index in [4.69, 9.17) is 4.98 Å². The van der Waals surface area contributed by atoms with Crippen molar-refractivity contribution in [1.29, 1.82) is 0 Å². The third-order valence-electron chi connectivity index (χ3n) is 6.82. The quantitative estimate of drug-likeness (QED) is 0.300. The number of rotatable bonds is 5. The molecule has 1 aliphatic heterocycles. The summed E-state index contributed by atoms with van der Waals surface area (Å²) < 4.78 is 3.77. The van der Waals surface area contributed by atoms with E-state index in [-0.39, 0.29) is 5.56 Å². The summed E-state index contributed by atoms with van der Waals surface area (Å²) in [6.45, 7) is 3.78. The summed E-state index contributed by atoms with van der Waals surface area (Å²) in [5.41, 5.74) is 4.22. The van der Waals surface area contributed by atoms with Gasteiger partial charge in [-0.05, 0) is 43.1 Å². The monoisotopic (exact) mass is 465 g/mol. The zero-order chi connectivity index (χ0) is 22.9. The second-order valence-corrected chi connectivity index (χ2v) is 10.1. The molecule has 3 aromatic carbocycles. The Morgan fingerprint density at radius 3 is 2.21 bits per heavy atom. The van der Waals surface area contributed by atoms with Gasteiger partial charge in [0.05, 0.1) is 5.52 Å². The highest BCUT2D eigenvalue weighted by Gasteiger charge is 2.18. The normalized spacial score (nSPS) is 14.7. The van der Waals surface area contributed by atoms with Crippen LogP contribution in [0, 0.1) is 0 Å². The molecule has 34 heavy (non-hydrogen) atoms. The number of benzene rings is 3. The molecule has 3 heterocycles. The number of hydrogen-bond donors (Lipinski definition) is 0.